The Kier molecular flexibility index (Phi) is 40.2. The van der Waals surface area contributed by atoms with Crippen molar-refractivity contribution in [2.45, 2.75) is 231 Å². The lowest BCUT2D eigenvalue weighted by Crippen LogP contribution is -2.45. The SMILES string of the molecule is CCCCCCCCCCCCCCCCC/C=C/CC/C=C/CC/C=C/C(O)C(COP(=O)([O-])OCC[N+](C)(C)C)NC(=O)CCCCCCCCCCCCC. The number of amides is 1. The lowest BCUT2D eigenvalue weighted by atomic mass is 10.0. The van der Waals surface area contributed by atoms with Crippen molar-refractivity contribution >= 4 is 13.7 Å². The van der Waals surface area contributed by atoms with Crippen LogP contribution in [0.15, 0.2) is 36.5 Å². The number of unbranched alkanes of at least 4 members (excludes halogenated alkanes) is 27. The van der Waals surface area contributed by atoms with Crippen molar-refractivity contribution in [1.82, 2.24) is 5.32 Å². The fourth-order valence-corrected chi connectivity index (χ4v) is 7.67. The maximum Gasteiger partial charge on any atom is 0.268 e. The van der Waals surface area contributed by atoms with Crippen molar-refractivity contribution < 1.29 is 32.9 Å². The number of allylic oxidation sites excluding steroid dienone is 5. The zero-order valence-electron chi connectivity index (χ0n) is 38.8. The average Bonchev–Trinajstić information content (AvgIpc) is 3.17. The lowest BCUT2D eigenvalue weighted by molar-refractivity contribution is -0.870. The van der Waals surface area contributed by atoms with E-state index in [2.05, 4.69) is 43.5 Å². The summed E-state index contributed by atoms with van der Waals surface area (Å²) in [4.78, 5) is 25.3. The number of phosphoric ester groups is 1. The molecule has 0 aromatic heterocycles. The molecule has 0 aliphatic rings. The third kappa shape index (κ3) is 42.8. The van der Waals surface area contributed by atoms with Gasteiger partial charge in [-0.2, -0.15) is 0 Å². The van der Waals surface area contributed by atoms with E-state index >= 15 is 0 Å². The average molecular weight is 839 g/mol. The first kappa shape index (κ1) is 56.7. The van der Waals surface area contributed by atoms with Crippen LogP contribution in [0.3, 0.4) is 0 Å². The number of nitrogens with one attached hydrogen (secondary N) is 1. The molecule has 3 unspecified atom stereocenters. The van der Waals surface area contributed by atoms with Gasteiger partial charge in [-0.3, -0.25) is 9.36 Å². The van der Waals surface area contributed by atoms with E-state index in [9.17, 15) is 19.4 Å². The number of nitrogens with zero attached hydrogens (tertiary/aromatic N) is 1. The molecule has 0 rings (SSSR count). The molecule has 0 heterocycles. The second-order valence-electron chi connectivity index (χ2n) is 17.8. The molecule has 2 N–H and O–H groups in total. The molecular weight excluding hydrogens is 744 g/mol. The summed E-state index contributed by atoms with van der Waals surface area (Å²) in [5.74, 6) is -0.213. The van der Waals surface area contributed by atoms with Crippen LogP contribution in [0.1, 0.15) is 219 Å². The van der Waals surface area contributed by atoms with E-state index in [0.29, 0.717) is 17.4 Å². The molecule has 9 heteroatoms. The van der Waals surface area contributed by atoms with Crippen LogP contribution < -0.4 is 10.2 Å². The lowest BCUT2D eigenvalue weighted by Gasteiger charge is -2.29. The van der Waals surface area contributed by atoms with E-state index < -0.39 is 26.6 Å². The van der Waals surface area contributed by atoms with Crippen LogP contribution in [-0.4, -0.2) is 68.5 Å². The minimum Gasteiger partial charge on any atom is -0.756 e. The topological polar surface area (TPSA) is 108 Å². The molecule has 0 aromatic carbocycles. The Balaban J connectivity index is 4.33. The largest absolute Gasteiger partial charge is 0.756 e. The number of likely N-dealkylation sites (N-methyl/N-ethyl adjacent to an activating group) is 1. The zero-order valence-corrected chi connectivity index (χ0v) is 39.6. The van der Waals surface area contributed by atoms with Crippen molar-refractivity contribution in [3.05, 3.63) is 36.5 Å². The molecule has 342 valence electrons. The highest BCUT2D eigenvalue weighted by Crippen LogP contribution is 2.38. The minimum atomic E-state index is -4.60. The number of hydrogen-bond donors (Lipinski definition) is 2. The summed E-state index contributed by atoms with van der Waals surface area (Å²) < 4.78 is 23.2. The van der Waals surface area contributed by atoms with E-state index in [0.717, 1.165) is 44.9 Å². The summed E-state index contributed by atoms with van der Waals surface area (Å²) in [6.45, 7) is 4.61. The smallest absolute Gasteiger partial charge is 0.268 e. The summed E-state index contributed by atoms with van der Waals surface area (Å²) in [6, 6.07) is -0.905. The molecule has 0 aliphatic carbocycles. The summed E-state index contributed by atoms with van der Waals surface area (Å²) in [5, 5.41) is 13.8. The molecular formula is C49H95N2O6P. The fraction of sp³-hybridized carbons (Fsp3) is 0.857. The number of aliphatic hydroxyl groups is 1. The third-order valence-corrected chi connectivity index (χ3v) is 11.8. The Hall–Kier alpha value is -1.28. The van der Waals surface area contributed by atoms with Gasteiger partial charge >= 0.3 is 0 Å². The molecule has 58 heavy (non-hydrogen) atoms. The van der Waals surface area contributed by atoms with Gasteiger partial charge in [0.2, 0.25) is 5.91 Å². The number of carbonyl (C=O) groups excluding carboxylic acids is 1. The van der Waals surface area contributed by atoms with Crippen molar-refractivity contribution in [3.8, 4) is 0 Å². The van der Waals surface area contributed by atoms with Crippen LogP contribution in [-0.2, 0) is 18.4 Å². The Morgan fingerprint density at radius 1 is 0.586 bits per heavy atom. The van der Waals surface area contributed by atoms with E-state index in [1.807, 2.05) is 27.2 Å². The van der Waals surface area contributed by atoms with Gasteiger partial charge in [0, 0.05) is 6.42 Å². The number of hydrogen-bond acceptors (Lipinski definition) is 6. The molecule has 0 radical (unpaired) electrons. The fourth-order valence-electron chi connectivity index (χ4n) is 6.95. The van der Waals surface area contributed by atoms with E-state index in [4.69, 9.17) is 9.05 Å². The molecule has 1 amide bonds. The van der Waals surface area contributed by atoms with Crippen LogP contribution in [0.4, 0.5) is 0 Å². The van der Waals surface area contributed by atoms with Crippen LogP contribution in [0.5, 0.6) is 0 Å². The summed E-state index contributed by atoms with van der Waals surface area (Å²) in [6.07, 6.45) is 50.7. The first-order valence-corrected chi connectivity index (χ1v) is 25.8. The maximum atomic E-state index is 12.8. The molecule has 0 spiro atoms. The molecule has 0 bridgehead atoms. The van der Waals surface area contributed by atoms with Crippen LogP contribution in [0.2, 0.25) is 0 Å². The molecule has 0 fully saturated rings. The Labute approximate surface area is 359 Å². The molecule has 8 nitrogen and oxygen atoms in total. The first-order valence-electron chi connectivity index (χ1n) is 24.4. The number of phosphoric acid groups is 1. The summed E-state index contributed by atoms with van der Waals surface area (Å²) in [7, 11) is 1.24. The third-order valence-electron chi connectivity index (χ3n) is 10.8. The van der Waals surface area contributed by atoms with Gasteiger partial charge in [0.25, 0.3) is 7.82 Å². The molecule has 0 aliphatic heterocycles. The second-order valence-corrected chi connectivity index (χ2v) is 19.2. The highest BCUT2D eigenvalue weighted by Gasteiger charge is 2.23. The van der Waals surface area contributed by atoms with Gasteiger partial charge in [-0.05, 0) is 44.9 Å². The summed E-state index contributed by atoms with van der Waals surface area (Å²) in [5.41, 5.74) is 0. The molecule has 3 atom stereocenters. The molecule has 0 saturated carbocycles. The van der Waals surface area contributed by atoms with Gasteiger partial charge in [0.15, 0.2) is 0 Å². The highest BCUT2D eigenvalue weighted by molar-refractivity contribution is 7.45. The van der Waals surface area contributed by atoms with E-state index in [1.54, 1.807) is 6.08 Å². The monoisotopic (exact) mass is 839 g/mol. The molecule has 0 aromatic rings. The van der Waals surface area contributed by atoms with Gasteiger partial charge in [0.1, 0.15) is 13.2 Å². The predicted molar refractivity (Wildman–Crippen MR) is 247 cm³/mol. The highest BCUT2D eigenvalue weighted by atomic mass is 31.2. The maximum absolute atomic E-state index is 12.8. The van der Waals surface area contributed by atoms with Gasteiger partial charge in [0.05, 0.1) is 39.9 Å². The second kappa shape index (κ2) is 41.1. The van der Waals surface area contributed by atoms with Gasteiger partial charge < -0.3 is 28.8 Å². The Morgan fingerprint density at radius 3 is 1.40 bits per heavy atom. The summed E-state index contributed by atoms with van der Waals surface area (Å²) >= 11 is 0. The predicted octanol–water partition coefficient (Wildman–Crippen LogP) is 13.2. The van der Waals surface area contributed by atoms with Gasteiger partial charge in [-0.1, -0.05) is 204 Å². The standard InChI is InChI=1S/C49H95N2O6P/c1-6-8-10-12-14-16-18-19-20-21-22-23-24-25-26-27-28-29-30-31-33-34-36-38-40-42-48(52)47(46-57-58(54,55)56-45-44-51(3,4)5)50-49(53)43-41-39-37-35-32-17-15-13-11-9-7-2/h28-29,33-34,40,42,47-48,52H,6-27,30-32,35-39,41,43-46H2,1-5H3,(H-,50,53,54,55)/b29-28+,34-33+,42-40+. The molecule has 0 saturated heterocycles. The van der Waals surface area contributed by atoms with Gasteiger partial charge in [-0.15, -0.1) is 0 Å². The van der Waals surface area contributed by atoms with E-state index in [1.165, 1.54) is 154 Å². The van der Waals surface area contributed by atoms with Crippen LogP contribution in [0.25, 0.3) is 0 Å². The van der Waals surface area contributed by atoms with Crippen LogP contribution >= 0.6 is 7.82 Å². The quantitative estimate of drug-likeness (QED) is 0.0274. The number of carbonyl (C=O) groups is 1. The van der Waals surface area contributed by atoms with Crippen molar-refractivity contribution in [1.29, 1.82) is 0 Å². The van der Waals surface area contributed by atoms with E-state index in [-0.39, 0.29) is 12.5 Å². The number of rotatable bonds is 44. The zero-order chi connectivity index (χ0) is 42.8. The Morgan fingerprint density at radius 2 is 0.966 bits per heavy atom. The van der Waals surface area contributed by atoms with Crippen molar-refractivity contribution in [2.24, 2.45) is 0 Å². The first-order chi connectivity index (χ1) is 28.0. The van der Waals surface area contributed by atoms with Crippen molar-refractivity contribution in [3.63, 3.8) is 0 Å². The normalized spacial score (nSPS) is 14.5. The number of quaternary nitrogens is 1. The Bertz CT molecular complexity index is 1040. The van der Waals surface area contributed by atoms with Gasteiger partial charge in [-0.25, -0.2) is 0 Å². The van der Waals surface area contributed by atoms with Crippen LogP contribution in [0, 0.1) is 0 Å². The van der Waals surface area contributed by atoms with Crippen molar-refractivity contribution in [2.75, 3.05) is 40.9 Å². The minimum absolute atomic E-state index is 0.00795. The number of aliphatic hydroxyl groups excluding tert-OH is 1.